The number of rotatable bonds is 6. The molecule has 0 bridgehead atoms. The average molecular weight is 403 g/mol. The first-order valence-electron chi connectivity index (χ1n) is 7.58. The van der Waals surface area contributed by atoms with Gasteiger partial charge in [0.1, 0.15) is 5.69 Å². The molecule has 1 aliphatic carbocycles. The van der Waals surface area contributed by atoms with Gasteiger partial charge in [0.05, 0.1) is 4.92 Å². The maximum absolute atomic E-state index is 11.0. The van der Waals surface area contributed by atoms with Crippen LogP contribution >= 0.6 is 22.6 Å². The molecule has 1 saturated carbocycles. The van der Waals surface area contributed by atoms with Crippen molar-refractivity contribution in [1.29, 1.82) is 0 Å². The van der Waals surface area contributed by atoms with E-state index in [2.05, 4.69) is 33.2 Å². The highest BCUT2D eigenvalue weighted by Crippen LogP contribution is 2.26. The molecule has 0 aliphatic heterocycles. The van der Waals surface area contributed by atoms with E-state index in [1.54, 1.807) is 12.1 Å². The summed E-state index contributed by atoms with van der Waals surface area (Å²) in [6, 6.07) is 5.88. The topological polar surface area (TPSA) is 67.2 Å². The van der Waals surface area contributed by atoms with Gasteiger partial charge in [-0.1, -0.05) is 25.7 Å². The van der Waals surface area contributed by atoms with Crippen LogP contribution in [0.25, 0.3) is 0 Å². The van der Waals surface area contributed by atoms with Gasteiger partial charge in [0, 0.05) is 28.8 Å². The van der Waals surface area contributed by atoms with E-state index in [9.17, 15) is 10.1 Å². The van der Waals surface area contributed by atoms with E-state index in [0.29, 0.717) is 18.3 Å². The van der Waals surface area contributed by atoms with E-state index >= 15 is 0 Å². The van der Waals surface area contributed by atoms with Gasteiger partial charge < -0.3 is 10.6 Å². The Bertz CT molecular complexity index is 474. The zero-order valence-corrected chi connectivity index (χ0v) is 14.3. The molecule has 0 saturated heterocycles. The standard InChI is InChI=1S/C15H22IN3O2/c16-12-7-8-14(15(11-12)19(20)21)18-10-9-17-13-5-3-1-2-4-6-13/h7-8,11,13,17-18H,1-6,9-10H2. The van der Waals surface area contributed by atoms with Gasteiger partial charge in [-0.3, -0.25) is 10.1 Å². The molecule has 2 N–H and O–H groups in total. The molecule has 0 heterocycles. The molecule has 21 heavy (non-hydrogen) atoms. The summed E-state index contributed by atoms with van der Waals surface area (Å²) in [7, 11) is 0. The number of nitro benzene ring substituents is 1. The number of nitrogens with one attached hydrogen (secondary N) is 2. The van der Waals surface area contributed by atoms with Crippen LogP contribution in [0.3, 0.4) is 0 Å². The molecule has 0 radical (unpaired) electrons. The third-order valence-electron chi connectivity index (χ3n) is 3.89. The Balaban J connectivity index is 1.79. The highest BCUT2D eigenvalue weighted by atomic mass is 127. The van der Waals surface area contributed by atoms with E-state index in [4.69, 9.17) is 0 Å². The molecule has 1 aliphatic rings. The summed E-state index contributed by atoms with van der Waals surface area (Å²) in [5, 5.41) is 17.8. The van der Waals surface area contributed by atoms with Crippen molar-refractivity contribution in [1.82, 2.24) is 5.32 Å². The molecule has 6 heteroatoms. The Labute approximate surface area is 139 Å². The van der Waals surface area contributed by atoms with Gasteiger partial charge in [0.2, 0.25) is 0 Å². The number of halogens is 1. The summed E-state index contributed by atoms with van der Waals surface area (Å²) in [5.74, 6) is 0. The number of hydrogen-bond donors (Lipinski definition) is 2. The quantitative estimate of drug-likeness (QED) is 0.248. The van der Waals surface area contributed by atoms with Gasteiger partial charge in [-0.25, -0.2) is 0 Å². The fourth-order valence-corrected chi connectivity index (χ4v) is 3.24. The van der Waals surface area contributed by atoms with Crippen molar-refractivity contribution in [3.63, 3.8) is 0 Å². The predicted molar refractivity (Wildman–Crippen MR) is 93.8 cm³/mol. The lowest BCUT2D eigenvalue weighted by Crippen LogP contribution is -2.32. The lowest BCUT2D eigenvalue weighted by Gasteiger charge is -2.16. The van der Waals surface area contributed by atoms with Crippen molar-refractivity contribution in [2.75, 3.05) is 18.4 Å². The van der Waals surface area contributed by atoms with Gasteiger partial charge in [-0.15, -0.1) is 0 Å². The minimum atomic E-state index is -0.330. The van der Waals surface area contributed by atoms with Gasteiger partial charge >= 0.3 is 0 Å². The van der Waals surface area contributed by atoms with E-state index in [1.165, 1.54) is 38.5 Å². The van der Waals surface area contributed by atoms with Crippen LogP contribution < -0.4 is 10.6 Å². The second-order valence-corrected chi connectivity index (χ2v) is 6.73. The first-order chi connectivity index (χ1) is 10.2. The second-order valence-electron chi connectivity index (χ2n) is 5.49. The van der Waals surface area contributed by atoms with Gasteiger partial charge in [-0.05, 0) is 47.6 Å². The Morgan fingerprint density at radius 3 is 2.57 bits per heavy atom. The van der Waals surface area contributed by atoms with E-state index in [-0.39, 0.29) is 10.6 Å². The van der Waals surface area contributed by atoms with Crippen molar-refractivity contribution >= 4 is 34.0 Å². The molecule has 116 valence electrons. The highest BCUT2D eigenvalue weighted by Gasteiger charge is 2.14. The number of anilines is 1. The van der Waals surface area contributed by atoms with Crippen LogP contribution in [0.5, 0.6) is 0 Å². The van der Waals surface area contributed by atoms with Crippen LogP contribution in [0.1, 0.15) is 38.5 Å². The Hall–Kier alpha value is -0.890. The van der Waals surface area contributed by atoms with Crippen molar-refractivity contribution < 1.29 is 4.92 Å². The van der Waals surface area contributed by atoms with Crippen LogP contribution in [0.4, 0.5) is 11.4 Å². The van der Waals surface area contributed by atoms with Crippen LogP contribution in [0.15, 0.2) is 18.2 Å². The predicted octanol–water partition coefficient (Wildman–Crippen LogP) is 3.92. The third kappa shape index (κ3) is 5.43. The SMILES string of the molecule is O=[N+]([O-])c1cc(I)ccc1NCCNC1CCCCCC1. The van der Waals surface area contributed by atoms with Crippen LogP contribution in [-0.2, 0) is 0 Å². The fraction of sp³-hybridized carbons (Fsp3) is 0.600. The van der Waals surface area contributed by atoms with Crippen molar-refractivity contribution in [3.05, 3.63) is 31.9 Å². The minimum Gasteiger partial charge on any atom is -0.378 e. The number of hydrogen-bond acceptors (Lipinski definition) is 4. The molecule has 0 amide bonds. The molecule has 0 aromatic heterocycles. The van der Waals surface area contributed by atoms with Gasteiger partial charge in [0.15, 0.2) is 0 Å². The van der Waals surface area contributed by atoms with Crippen molar-refractivity contribution in [2.45, 2.75) is 44.6 Å². The average Bonchev–Trinajstić information content (AvgIpc) is 2.73. The van der Waals surface area contributed by atoms with E-state index < -0.39 is 0 Å². The zero-order chi connectivity index (χ0) is 15.1. The maximum Gasteiger partial charge on any atom is 0.293 e. The number of nitro groups is 1. The minimum absolute atomic E-state index is 0.149. The lowest BCUT2D eigenvalue weighted by molar-refractivity contribution is -0.384. The molecule has 0 unspecified atom stereocenters. The maximum atomic E-state index is 11.0. The summed E-state index contributed by atoms with van der Waals surface area (Å²) in [5.41, 5.74) is 0.749. The second kappa shape index (κ2) is 8.53. The largest absolute Gasteiger partial charge is 0.378 e. The first kappa shape index (κ1) is 16.5. The highest BCUT2D eigenvalue weighted by molar-refractivity contribution is 14.1. The summed E-state index contributed by atoms with van der Waals surface area (Å²) in [6.45, 7) is 1.55. The molecule has 1 aromatic carbocycles. The molecular formula is C15H22IN3O2. The fourth-order valence-electron chi connectivity index (χ4n) is 2.76. The Morgan fingerprint density at radius 1 is 1.19 bits per heavy atom. The Kier molecular flexibility index (Phi) is 6.69. The van der Waals surface area contributed by atoms with Crippen LogP contribution in [-0.4, -0.2) is 24.1 Å². The summed E-state index contributed by atoms with van der Waals surface area (Å²) >= 11 is 2.09. The zero-order valence-electron chi connectivity index (χ0n) is 12.1. The molecule has 1 aromatic rings. The summed E-state index contributed by atoms with van der Waals surface area (Å²) in [4.78, 5) is 10.7. The monoisotopic (exact) mass is 403 g/mol. The summed E-state index contributed by atoms with van der Waals surface area (Å²) < 4.78 is 0.876. The molecular weight excluding hydrogens is 381 g/mol. The van der Waals surface area contributed by atoms with Crippen molar-refractivity contribution in [3.8, 4) is 0 Å². The first-order valence-corrected chi connectivity index (χ1v) is 8.66. The number of nitrogens with zero attached hydrogens (tertiary/aromatic N) is 1. The lowest BCUT2D eigenvalue weighted by atomic mass is 10.1. The van der Waals surface area contributed by atoms with Crippen LogP contribution in [0.2, 0.25) is 0 Å². The molecule has 0 spiro atoms. The summed E-state index contributed by atoms with van der Waals surface area (Å²) in [6.07, 6.45) is 7.84. The van der Waals surface area contributed by atoms with Gasteiger partial charge in [-0.2, -0.15) is 0 Å². The smallest absolute Gasteiger partial charge is 0.293 e. The molecule has 2 rings (SSSR count). The van der Waals surface area contributed by atoms with Gasteiger partial charge in [0.25, 0.3) is 5.69 Å². The Morgan fingerprint density at radius 2 is 1.90 bits per heavy atom. The number of benzene rings is 1. The molecule has 1 fully saturated rings. The normalized spacial score (nSPS) is 16.4. The van der Waals surface area contributed by atoms with Crippen molar-refractivity contribution in [2.24, 2.45) is 0 Å². The van der Waals surface area contributed by atoms with E-state index in [1.807, 2.05) is 6.07 Å². The molecule has 0 atom stereocenters. The molecule has 5 nitrogen and oxygen atoms in total. The third-order valence-corrected chi connectivity index (χ3v) is 4.56. The van der Waals surface area contributed by atoms with Crippen LogP contribution in [0, 0.1) is 13.7 Å². The van der Waals surface area contributed by atoms with E-state index in [0.717, 1.165) is 10.1 Å².